The lowest BCUT2D eigenvalue weighted by Gasteiger charge is -2.30. The maximum Gasteiger partial charge on any atom is 0.315 e. The van der Waals surface area contributed by atoms with Crippen LogP contribution in [0.1, 0.15) is 32.6 Å². The van der Waals surface area contributed by atoms with E-state index in [1.165, 1.54) is 0 Å². The minimum atomic E-state index is -0.848. The standard InChI is InChI=1S/C13H25N3O3/c1-3-5-10(12(17)18)8-14-13(19)15-11-6-4-7-16(2)9-11/h10-11H,3-9H2,1-2H3,(H,17,18)(H2,14,15,19). The van der Waals surface area contributed by atoms with E-state index >= 15 is 0 Å². The molecule has 0 aromatic carbocycles. The molecular formula is C13H25N3O3. The van der Waals surface area contributed by atoms with Gasteiger partial charge in [0, 0.05) is 19.1 Å². The molecule has 6 nitrogen and oxygen atoms in total. The Labute approximate surface area is 114 Å². The lowest BCUT2D eigenvalue weighted by Crippen LogP contribution is -2.50. The molecule has 0 aliphatic carbocycles. The zero-order chi connectivity index (χ0) is 14.3. The van der Waals surface area contributed by atoms with Crippen LogP contribution in [0.2, 0.25) is 0 Å². The third-order valence-electron chi connectivity index (χ3n) is 3.46. The molecule has 0 saturated carbocycles. The molecule has 1 fully saturated rings. The monoisotopic (exact) mass is 271 g/mol. The number of amides is 2. The summed E-state index contributed by atoms with van der Waals surface area (Å²) in [5.41, 5.74) is 0. The number of rotatable bonds is 6. The van der Waals surface area contributed by atoms with Crippen LogP contribution < -0.4 is 10.6 Å². The van der Waals surface area contributed by atoms with Crippen LogP contribution in [0, 0.1) is 5.92 Å². The lowest BCUT2D eigenvalue weighted by molar-refractivity contribution is -0.141. The highest BCUT2D eigenvalue weighted by Crippen LogP contribution is 2.08. The Balaban J connectivity index is 2.28. The summed E-state index contributed by atoms with van der Waals surface area (Å²) in [4.78, 5) is 24.9. The second-order valence-corrected chi connectivity index (χ2v) is 5.28. The summed E-state index contributed by atoms with van der Waals surface area (Å²) in [6.45, 7) is 4.05. The highest BCUT2D eigenvalue weighted by molar-refractivity contribution is 5.76. The Morgan fingerprint density at radius 1 is 1.47 bits per heavy atom. The normalized spacial score (nSPS) is 21.7. The average Bonchev–Trinajstić information content (AvgIpc) is 2.34. The van der Waals surface area contributed by atoms with Gasteiger partial charge in [-0.15, -0.1) is 0 Å². The van der Waals surface area contributed by atoms with Crippen molar-refractivity contribution in [2.75, 3.05) is 26.7 Å². The van der Waals surface area contributed by atoms with E-state index in [-0.39, 0.29) is 18.6 Å². The number of piperidine rings is 1. The molecule has 3 N–H and O–H groups in total. The number of likely N-dealkylation sites (N-methyl/N-ethyl adjacent to an activating group) is 1. The second-order valence-electron chi connectivity index (χ2n) is 5.28. The molecule has 2 atom stereocenters. The van der Waals surface area contributed by atoms with Crippen molar-refractivity contribution in [1.29, 1.82) is 0 Å². The van der Waals surface area contributed by atoms with Gasteiger partial charge in [-0.2, -0.15) is 0 Å². The predicted octanol–water partition coefficient (Wildman–Crippen LogP) is 0.881. The molecule has 2 amide bonds. The summed E-state index contributed by atoms with van der Waals surface area (Å²) in [6, 6.07) is -0.101. The number of carboxylic acid groups (broad SMARTS) is 1. The van der Waals surface area contributed by atoms with Crippen molar-refractivity contribution in [3.8, 4) is 0 Å². The van der Waals surface area contributed by atoms with E-state index in [1.54, 1.807) is 0 Å². The van der Waals surface area contributed by atoms with E-state index in [0.29, 0.717) is 6.42 Å². The van der Waals surface area contributed by atoms with E-state index in [1.807, 2.05) is 14.0 Å². The van der Waals surface area contributed by atoms with Crippen molar-refractivity contribution in [2.24, 2.45) is 5.92 Å². The second kappa shape index (κ2) is 7.99. The Bertz CT molecular complexity index is 310. The van der Waals surface area contributed by atoms with E-state index in [2.05, 4.69) is 15.5 Å². The van der Waals surface area contributed by atoms with Gasteiger partial charge in [0.1, 0.15) is 0 Å². The minimum Gasteiger partial charge on any atom is -0.481 e. The maximum atomic E-state index is 11.7. The quantitative estimate of drug-likeness (QED) is 0.670. The predicted molar refractivity (Wildman–Crippen MR) is 73.1 cm³/mol. The molecule has 0 aromatic heterocycles. The van der Waals surface area contributed by atoms with Gasteiger partial charge in [0.15, 0.2) is 0 Å². The van der Waals surface area contributed by atoms with Crippen LogP contribution in [-0.4, -0.2) is 54.7 Å². The summed E-state index contributed by atoms with van der Waals surface area (Å²) < 4.78 is 0. The van der Waals surface area contributed by atoms with Crippen LogP contribution in [0.25, 0.3) is 0 Å². The number of nitrogens with zero attached hydrogens (tertiary/aromatic N) is 1. The van der Waals surface area contributed by atoms with Gasteiger partial charge in [-0.3, -0.25) is 4.79 Å². The highest BCUT2D eigenvalue weighted by Gasteiger charge is 2.20. The molecule has 0 aromatic rings. The number of hydrogen-bond donors (Lipinski definition) is 3. The van der Waals surface area contributed by atoms with Gasteiger partial charge in [0.25, 0.3) is 0 Å². The number of hydrogen-bond acceptors (Lipinski definition) is 3. The van der Waals surface area contributed by atoms with Crippen molar-refractivity contribution >= 4 is 12.0 Å². The summed E-state index contributed by atoms with van der Waals surface area (Å²) in [6.07, 6.45) is 3.44. The first-order chi connectivity index (χ1) is 9.02. The van der Waals surface area contributed by atoms with Gasteiger partial charge in [-0.25, -0.2) is 4.79 Å². The molecule has 110 valence electrons. The molecule has 1 aliphatic heterocycles. The smallest absolute Gasteiger partial charge is 0.315 e. The molecule has 6 heteroatoms. The molecule has 19 heavy (non-hydrogen) atoms. The number of likely N-dealkylation sites (tertiary alicyclic amines) is 1. The largest absolute Gasteiger partial charge is 0.481 e. The zero-order valence-corrected chi connectivity index (χ0v) is 11.8. The summed E-state index contributed by atoms with van der Waals surface area (Å²) in [7, 11) is 2.04. The first kappa shape index (κ1) is 15.8. The van der Waals surface area contributed by atoms with Crippen LogP contribution in [-0.2, 0) is 4.79 Å². The summed E-state index contributed by atoms with van der Waals surface area (Å²) in [5, 5.41) is 14.6. The minimum absolute atomic E-state index is 0.160. The van der Waals surface area contributed by atoms with E-state index in [9.17, 15) is 9.59 Å². The summed E-state index contributed by atoms with van der Waals surface area (Å²) >= 11 is 0. The third kappa shape index (κ3) is 5.92. The number of urea groups is 1. The molecule has 0 radical (unpaired) electrons. The first-order valence-electron chi connectivity index (χ1n) is 6.98. The van der Waals surface area contributed by atoms with Crippen LogP contribution in [0.3, 0.4) is 0 Å². The van der Waals surface area contributed by atoms with E-state index in [4.69, 9.17) is 5.11 Å². The van der Waals surface area contributed by atoms with Gasteiger partial charge < -0.3 is 20.6 Å². The van der Waals surface area contributed by atoms with E-state index in [0.717, 1.165) is 32.4 Å². The molecule has 0 spiro atoms. The van der Waals surface area contributed by atoms with Gasteiger partial charge in [-0.1, -0.05) is 13.3 Å². The van der Waals surface area contributed by atoms with Gasteiger partial charge in [0.05, 0.1) is 5.92 Å². The van der Waals surface area contributed by atoms with E-state index < -0.39 is 11.9 Å². The SMILES string of the molecule is CCCC(CNC(=O)NC1CCCN(C)C1)C(=O)O. The van der Waals surface area contributed by atoms with Crippen molar-refractivity contribution in [1.82, 2.24) is 15.5 Å². The number of carbonyl (C=O) groups excluding carboxylic acids is 1. The molecule has 1 heterocycles. The topological polar surface area (TPSA) is 81.7 Å². The lowest BCUT2D eigenvalue weighted by atomic mass is 10.0. The number of aliphatic carboxylic acids is 1. The highest BCUT2D eigenvalue weighted by atomic mass is 16.4. The Hall–Kier alpha value is -1.30. The maximum absolute atomic E-state index is 11.7. The number of carbonyl (C=O) groups is 2. The molecular weight excluding hydrogens is 246 g/mol. The Morgan fingerprint density at radius 2 is 2.21 bits per heavy atom. The molecule has 1 aliphatic rings. The van der Waals surface area contributed by atoms with Crippen LogP contribution in [0.4, 0.5) is 4.79 Å². The average molecular weight is 271 g/mol. The van der Waals surface area contributed by atoms with Gasteiger partial charge in [-0.05, 0) is 32.9 Å². The molecule has 2 unspecified atom stereocenters. The van der Waals surface area contributed by atoms with Gasteiger partial charge in [0.2, 0.25) is 0 Å². The summed E-state index contributed by atoms with van der Waals surface area (Å²) in [5.74, 6) is -1.34. The third-order valence-corrected chi connectivity index (χ3v) is 3.46. The Kier molecular flexibility index (Phi) is 6.62. The van der Waals surface area contributed by atoms with Gasteiger partial charge >= 0.3 is 12.0 Å². The molecule has 1 rings (SSSR count). The number of nitrogens with one attached hydrogen (secondary N) is 2. The van der Waals surface area contributed by atoms with Crippen molar-refractivity contribution in [3.05, 3.63) is 0 Å². The molecule has 0 bridgehead atoms. The first-order valence-corrected chi connectivity index (χ1v) is 6.98. The fraction of sp³-hybridized carbons (Fsp3) is 0.846. The molecule has 1 saturated heterocycles. The van der Waals surface area contributed by atoms with Crippen molar-refractivity contribution in [2.45, 2.75) is 38.6 Å². The zero-order valence-electron chi connectivity index (χ0n) is 11.8. The fourth-order valence-corrected chi connectivity index (χ4v) is 2.40. The van der Waals surface area contributed by atoms with Crippen LogP contribution >= 0.6 is 0 Å². The van der Waals surface area contributed by atoms with Crippen LogP contribution in [0.15, 0.2) is 0 Å². The number of carboxylic acids is 1. The van der Waals surface area contributed by atoms with Crippen molar-refractivity contribution in [3.63, 3.8) is 0 Å². The van der Waals surface area contributed by atoms with Crippen LogP contribution in [0.5, 0.6) is 0 Å². The fourth-order valence-electron chi connectivity index (χ4n) is 2.40. The van der Waals surface area contributed by atoms with Crippen molar-refractivity contribution < 1.29 is 14.7 Å². The Morgan fingerprint density at radius 3 is 2.79 bits per heavy atom.